The fraction of sp³-hybridized carbons (Fsp3) is 0.900. The van der Waals surface area contributed by atoms with Crippen LogP contribution in [0.5, 0.6) is 0 Å². The van der Waals surface area contributed by atoms with Gasteiger partial charge in [-0.3, -0.25) is 4.79 Å². The fourth-order valence-electron chi connectivity index (χ4n) is 0.992. The number of hydrogen-bond donors (Lipinski definition) is 0. The highest BCUT2D eigenvalue weighted by Gasteiger charge is 2.00. The van der Waals surface area contributed by atoms with E-state index in [1.165, 1.54) is 0 Å². The summed E-state index contributed by atoms with van der Waals surface area (Å²) in [6.45, 7) is 6.76. The van der Waals surface area contributed by atoms with Crippen LogP contribution >= 0.6 is 0 Å². The maximum absolute atomic E-state index is 11.0. The van der Waals surface area contributed by atoms with Crippen LogP contribution in [0.3, 0.4) is 0 Å². The number of carbonyl (C=O) groups is 1. The average molecular weight is 172 g/mol. The molecule has 0 aromatic carbocycles. The summed E-state index contributed by atoms with van der Waals surface area (Å²) in [5.41, 5.74) is 0. The first-order chi connectivity index (χ1) is 5.66. The molecule has 0 fully saturated rings. The molecule has 0 spiro atoms. The van der Waals surface area contributed by atoms with Gasteiger partial charge < -0.3 is 4.74 Å². The Bertz CT molecular complexity index is 119. The summed E-state index contributed by atoms with van der Waals surface area (Å²) < 4.78 is 5.32. The zero-order chi connectivity index (χ0) is 9.40. The zero-order valence-electron chi connectivity index (χ0n) is 8.43. The van der Waals surface area contributed by atoms with E-state index in [4.69, 9.17) is 4.74 Å². The number of hydrogen-bond acceptors (Lipinski definition) is 2. The second kappa shape index (κ2) is 7.29. The van der Waals surface area contributed by atoms with Crippen molar-refractivity contribution in [2.45, 2.75) is 52.6 Å². The highest BCUT2D eigenvalue weighted by Crippen LogP contribution is 1.99. The fourth-order valence-corrected chi connectivity index (χ4v) is 0.992. The lowest BCUT2D eigenvalue weighted by atomic mass is 10.1. The van der Waals surface area contributed by atoms with Gasteiger partial charge in [0.25, 0.3) is 0 Å². The van der Waals surface area contributed by atoms with Crippen LogP contribution in [0, 0.1) is 0 Å². The maximum Gasteiger partial charge on any atom is 0.132 e. The second-order valence-corrected chi connectivity index (χ2v) is 3.31. The van der Waals surface area contributed by atoms with E-state index >= 15 is 0 Å². The van der Waals surface area contributed by atoms with Gasteiger partial charge in [-0.15, -0.1) is 0 Å². The van der Waals surface area contributed by atoms with E-state index in [9.17, 15) is 4.79 Å². The first-order valence-electron chi connectivity index (χ1n) is 4.80. The van der Waals surface area contributed by atoms with E-state index < -0.39 is 0 Å². The highest BCUT2D eigenvalue weighted by molar-refractivity contribution is 5.78. The smallest absolute Gasteiger partial charge is 0.132 e. The van der Waals surface area contributed by atoms with Gasteiger partial charge in [0, 0.05) is 19.4 Å². The summed E-state index contributed by atoms with van der Waals surface area (Å²) in [5, 5.41) is 0. The van der Waals surface area contributed by atoms with E-state index in [1.807, 2.05) is 20.8 Å². The molecule has 0 aliphatic carbocycles. The molecule has 0 atom stereocenters. The quantitative estimate of drug-likeness (QED) is 0.552. The molecule has 0 aromatic rings. The SMILES string of the molecule is CCCC(=O)CCCOC(C)C. The van der Waals surface area contributed by atoms with Crippen molar-refractivity contribution in [1.82, 2.24) is 0 Å². The van der Waals surface area contributed by atoms with Gasteiger partial charge in [-0.05, 0) is 26.7 Å². The Morgan fingerprint density at radius 3 is 2.50 bits per heavy atom. The average Bonchev–Trinajstić information content (AvgIpc) is 1.98. The first-order valence-corrected chi connectivity index (χ1v) is 4.80. The Morgan fingerprint density at radius 1 is 1.33 bits per heavy atom. The van der Waals surface area contributed by atoms with Gasteiger partial charge in [0.05, 0.1) is 6.10 Å². The van der Waals surface area contributed by atoms with Crippen molar-refractivity contribution in [2.75, 3.05) is 6.61 Å². The van der Waals surface area contributed by atoms with Crippen LogP contribution in [-0.2, 0) is 9.53 Å². The minimum Gasteiger partial charge on any atom is -0.379 e. The second-order valence-electron chi connectivity index (χ2n) is 3.31. The molecule has 0 rings (SSSR count). The van der Waals surface area contributed by atoms with Crippen molar-refractivity contribution < 1.29 is 9.53 Å². The molecular weight excluding hydrogens is 152 g/mol. The van der Waals surface area contributed by atoms with E-state index in [1.54, 1.807) is 0 Å². The lowest BCUT2D eigenvalue weighted by Crippen LogP contribution is -2.06. The molecule has 0 unspecified atom stereocenters. The predicted octanol–water partition coefficient (Wildman–Crippen LogP) is 2.56. The number of rotatable bonds is 7. The molecule has 0 radical (unpaired) electrons. The third-order valence-corrected chi connectivity index (χ3v) is 1.58. The summed E-state index contributed by atoms with van der Waals surface area (Å²) in [7, 11) is 0. The summed E-state index contributed by atoms with van der Waals surface area (Å²) in [5.74, 6) is 0.366. The largest absolute Gasteiger partial charge is 0.379 e. The number of ketones is 1. The third-order valence-electron chi connectivity index (χ3n) is 1.58. The van der Waals surface area contributed by atoms with Crippen molar-refractivity contribution in [2.24, 2.45) is 0 Å². The standard InChI is InChI=1S/C10H20O2/c1-4-6-10(11)7-5-8-12-9(2)3/h9H,4-8H2,1-3H3. The molecule has 0 amide bonds. The molecule has 2 heteroatoms. The van der Waals surface area contributed by atoms with E-state index in [2.05, 4.69) is 0 Å². The highest BCUT2D eigenvalue weighted by atomic mass is 16.5. The van der Waals surface area contributed by atoms with Gasteiger partial charge in [-0.25, -0.2) is 0 Å². The first kappa shape index (κ1) is 11.6. The van der Waals surface area contributed by atoms with Gasteiger partial charge in [-0.1, -0.05) is 6.92 Å². The zero-order valence-corrected chi connectivity index (χ0v) is 8.43. The Morgan fingerprint density at radius 2 is 2.00 bits per heavy atom. The van der Waals surface area contributed by atoms with E-state index in [0.29, 0.717) is 18.8 Å². The van der Waals surface area contributed by atoms with Gasteiger partial charge >= 0.3 is 0 Å². The maximum atomic E-state index is 11.0. The Kier molecular flexibility index (Phi) is 7.06. The Balaban J connectivity index is 3.14. The summed E-state index contributed by atoms with van der Waals surface area (Å²) >= 11 is 0. The molecule has 0 saturated carbocycles. The summed E-state index contributed by atoms with van der Waals surface area (Å²) in [6, 6.07) is 0. The molecule has 0 aromatic heterocycles. The summed E-state index contributed by atoms with van der Waals surface area (Å²) in [4.78, 5) is 11.0. The van der Waals surface area contributed by atoms with Crippen LogP contribution in [0.25, 0.3) is 0 Å². The van der Waals surface area contributed by atoms with Gasteiger partial charge in [-0.2, -0.15) is 0 Å². The van der Waals surface area contributed by atoms with E-state index in [-0.39, 0.29) is 6.10 Å². The third kappa shape index (κ3) is 7.73. The molecule has 12 heavy (non-hydrogen) atoms. The Hall–Kier alpha value is -0.370. The molecule has 0 aliphatic rings. The Labute approximate surface area is 75.3 Å². The van der Waals surface area contributed by atoms with Crippen LogP contribution in [-0.4, -0.2) is 18.5 Å². The van der Waals surface area contributed by atoms with Gasteiger partial charge in [0.1, 0.15) is 5.78 Å². The van der Waals surface area contributed by atoms with Crippen LogP contribution in [0.1, 0.15) is 46.5 Å². The molecule has 0 saturated heterocycles. The molecule has 72 valence electrons. The van der Waals surface area contributed by atoms with Crippen LogP contribution in [0.2, 0.25) is 0 Å². The van der Waals surface area contributed by atoms with Crippen molar-refractivity contribution in [3.05, 3.63) is 0 Å². The van der Waals surface area contributed by atoms with Crippen molar-refractivity contribution in [1.29, 1.82) is 0 Å². The minimum absolute atomic E-state index is 0.284. The topological polar surface area (TPSA) is 26.3 Å². The molecule has 2 nitrogen and oxygen atoms in total. The normalized spacial score (nSPS) is 10.7. The van der Waals surface area contributed by atoms with Crippen molar-refractivity contribution in [3.63, 3.8) is 0 Å². The van der Waals surface area contributed by atoms with Gasteiger partial charge in [0.2, 0.25) is 0 Å². The number of ether oxygens (including phenoxy) is 1. The van der Waals surface area contributed by atoms with Crippen LogP contribution in [0.15, 0.2) is 0 Å². The van der Waals surface area contributed by atoms with E-state index in [0.717, 1.165) is 19.3 Å². The molecule has 0 bridgehead atoms. The van der Waals surface area contributed by atoms with Crippen LogP contribution < -0.4 is 0 Å². The van der Waals surface area contributed by atoms with Crippen molar-refractivity contribution in [3.8, 4) is 0 Å². The van der Waals surface area contributed by atoms with Gasteiger partial charge in [0.15, 0.2) is 0 Å². The lowest BCUT2D eigenvalue weighted by molar-refractivity contribution is -0.119. The minimum atomic E-state index is 0.284. The number of carbonyl (C=O) groups excluding carboxylic acids is 1. The summed E-state index contributed by atoms with van der Waals surface area (Å²) in [6.07, 6.45) is 3.52. The lowest BCUT2D eigenvalue weighted by Gasteiger charge is -2.05. The molecule has 0 aliphatic heterocycles. The number of Topliss-reactive ketones (excluding diaryl/α,β-unsaturated/α-hetero) is 1. The predicted molar refractivity (Wildman–Crippen MR) is 50.2 cm³/mol. The molecular formula is C10H20O2. The van der Waals surface area contributed by atoms with Crippen LogP contribution in [0.4, 0.5) is 0 Å². The monoisotopic (exact) mass is 172 g/mol. The molecule has 0 heterocycles. The molecule has 0 N–H and O–H groups in total. The van der Waals surface area contributed by atoms with Crippen molar-refractivity contribution >= 4 is 5.78 Å².